The minimum absolute atomic E-state index is 0.172. The fourth-order valence-electron chi connectivity index (χ4n) is 1.43. The molecule has 7 nitrogen and oxygen atoms in total. The Morgan fingerprint density at radius 1 is 1.47 bits per heavy atom. The van der Waals surface area contributed by atoms with Gasteiger partial charge in [-0.15, -0.1) is 10.2 Å². The van der Waals surface area contributed by atoms with Crippen LogP contribution in [0.5, 0.6) is 5.75 Å². The molecule has 0 spiro atoms. The number of benzene rings is 1. The molecular formula is C12H12N4O3. The van der Waals surface area contributed by atoms with Gasteiger partial charge in [-0.25, -0.2) is 4.79 Å². The van der Waals surface area contributed by atoms with Crippen molar-refractivity contribution in [1.29, 1.82) is 0 Å². The molecule has 1 N–H and O–H groups in total. The summed E-state index contributed by atoms with van der Waals surface area (Å²) in [4.78, 5) is 11.8. The van der Waals surface area contributed by atoms with E-state index in [0.717, 1.165) is 6.08 Å². The first-order chi connectivity index (χ1) is 9.15. The van der Waals surface area contributed by atoms with Gasteiger partial charge in [-0.1, -0.05) is 18.2 Å². The summed E-state index contributed by atoms with van der Waals surface area (Å²) in [5.74, 6) is 0.0115. The molecule has 0 fully saturated rings. The third kappa shape index (κ3) is 3.63. The van der Waals surface area contributed by atoms with Crippen LogP contribution in [-0.4, -0.2) is 31.3 Å². The van der Waals surface area contributed by atoms with Crippen molar-refractivity contribution >= 4 is 12.0 Å². The summed E-state index contributed by atoms with van der Waals surface area (Å²) in [6.07, 6.45) is 2.53. The second-order valence-corrected chi connectivity index (χ2v) is 3.69. The molecule has 0 unspecified atom stereocenters. The number of aliphatic carboxylic acids is 1. The molecule has 98 valence electrons. The van der Waals surface area contributed by atoms with Crippen molar-refractivity contribution in [3.63, 3.8) is 0 Å². The Bertz CT molecular complexity index is 607. The third-order valence-electron chi connectivity index (χ3n) is 2.23. The normalized spacial score (nSPS) is 10.8. The van der Waals surface area contributed by atoms with Crippen molar-refractivity contribution in [2.45, 2.75) is 6.61 Å². The summed E-state index contributed by atoms with van der Waals surface area (Å²) in [6.45, 7) is 0.172. The van der Waals surface area contributed by atoms with E-state index < -0.39 is 5.97 Å². The number of carbonyl (C=O) groups is 1. The molecule has 0 bridgehead atoms. The molecule has 2 aromatic rings. The predicted octanol–water partition coefficient (Wildman–Crippen LogP) is 0.887. The van der Waals surface area contributed by atoms with Crippen LogP contribution in [0, 0.1) is 0 Å². The van der Waals surface area contributed by atoms with Gasteiger partial charge in [-0.05, 0) is 17.4 Å². The molecule has 0 saturated heterocycles. The molecule has 1 heterocycles. The van der Waals surface area contributed by atoms with Crippen LogP contribution in [0.25, 0.3) is 6.08 Å². The maximum Gasteiger partial charge on any atom is 0.328 e. The van der Waals surface area contributed by atoms with Gasteiger partial charge in [0.25, 0.3) is 0 Å². The molecule has 0 aliphatic carbocycles. The van der Waals surface area contributed by atoms with Crippen LogP contribution < -0.4 is 4.74 Å². The molecule has 1 aromatic heterocycles. The van der Waals surface area contributed by atoms with Crippen LogP contribution in [0.2, 0.25) is 0 Å². The zero-order chi connectivity index (χ0) is 13.7. The number of aryl methyl sites for hydroxylation is 1. The first-order valence-corrected chi connectivity index (χ1v) is 5.51. The molecule has 0 aliphatic heterocycles. The Balaban J connectivity index is 2.09. The van der Waals surface area contributed by atoms with E-state index in [-0.39, 0.29) is 6.61 Å². The van der Waals surface area contributed by atoms with Crippen molar-refractivity contribution in [3.8, 4) is 5.75 Å². The van der Waals surface area contributed by atoms with Gasteiger partial charge in [0.1, 0.15) is 5.75 Å². The van der Waals surface area contributed by atoms with Gasteiger partial charge >= 0.3 is 5.97 Å². The van der Waals surface area contributed by atoms with Crippen molar-refractivity contribution < 1.29 is 14.6 Å². The Kier molecular flexibility index (Phi) is 3.87. The summed E-state index contributed by atoms with van der Waals surface area (Å²) >= 11 is 0. The fraction of sp³-hybridized carbons (Fsp3) is 0.167. The zero-order valence-corrected chi connectivity index (χ0v) is 10.2. The van der Waals surface area contributed by atoms with Gasteiger partial charge in [-0.2, -0.15) is 4.80 Å². The summed E-state index contributed by atoms with van der Waals surface area (Å²) in [5, 5.41) is 20.1. The number of aromatic nitrogens is 4. The maximum atomic E-state index is 10.5. The monoisotopic (exact) mass is 260 g/mol. The first kappa shape index (κ1) is 12.7. The highest BCUT2D eigenvalue weighted by Gasteiger charge is 2.04. The number of ether oxygens (including phenoxy) is 1. The SMILES string of the molecule is Cn1nnc(COc2ccccc2/C=C/C(=O)O)n1. The van der Waals surface area contributed by atoms with E-state index in [2.05, 4.69) is 15.4 Å². The first-order valence-electron chi connectivity index (χ1n) is 5.51. The minimum Gasteiger partial charge on any atom is -0.485 e. The van der Waals surface area contributed by atoms with E-state index in [1.54, 1.807) is 31.3 Å². The number of carboxylic acid groups (broad SMARTS) is 1. The van der Waals surface area contributed by atoms with Crippen molar-refractivity contribution in [1.82, 2.24) is 20.2 Å². The number of nitrogens with zero attached hydrogens (tertiary/aromatic N) is 4. The fourth-order valence-corrected chi connectivity index (χ4v) is 1.43. The van der Waals surface area contributed by atoms with E-state index in [0.29, 0.717) is 17.1 Å². The Morgan fingerprint density at radius 2 is 2.26 bits per heavy atom. The van der Waals surface area contributed by atoms with Crippen LogP contribution in [-0.2, 0) is 18.4 Å². The molecule has 0 radical (unpaired) electrons. The largest absolute Gasteiger partial charge is 0.485 e. The molecule has 7 heteroatoms. The van der Waals surface area contributed by atoms with Crippen LogP contribution in [0.4, 0.5) is 0 Å². The lowest BCUT2D eigenvalue weighted by Crippen LogP contribution is -2.00. The van der Waals surface area contributed by atoms with E-state index in [9.17, 15) is 4.79 Å². The number of hydrogen-bond donors (Lipinski definition) is 1. The zero-order valence-electron chi connectivity index (χ0n) is 10.2. The smallest absolute Gasteiger partial charge is 0.328 e. The number of tetrazole rings is 1. The van der Waals surface area contributed by atoms with E-state index in [1.165, 1.54) is 10.9 Å². The molecule has 2 rings (SSSR count). The topological polar surface area (TPSA) is 90.1 Å². The van der Waals surface area contributed by atoms with E-state index in [1.807, 2.05) is 0 Å². The lowest BCUT2D eigenvalue weighted by atomic mass is 10.2. The number of carboxylic acids is 1. The van der Waals surface area contributed by atoms with Crippen LogP contribution in [0.1, 0.15) is 11.4 Å². The second-order valence-electron chi connectivity index (χ2n) is 3.69. The average Bonchev–Trinajstić information content (AvgIpc) is 2.80. The number of hydrogen-bond acceptors (Lipinski definition) is 5. The quantitative estimate of drug-likeness (QED) is 0.803. The van der Waals surface area contributed by atoms with Gasteiger partial charge in [0.05, 0.1) is 7.05 Å². The minimum atomic E-state index is -1.01. The maximum absolute atomic E-state index is 10.5. The molecule has 0 aliphatic rings. The van der Waals surface area contributed by atoms with E-state index >= 15 is 0 Å². The Labute approximate surface area is 109 Å². The molecule has 0 atom stereocenters. The summed E-state index contributed by atoms with van der Waals surface area (Å²) < 4.78 is 5.55. The van der Waals surface area contributed by atoms with Gasteiger partial charge < -0.3 is 9.84 Å². The van der Waals surface area contributed by atoms with Gasteiger partial charge in [0.2, 0.25) is 5.82 Å². The lowest BCUT2D eigenvalue weighted by Gasteiger charge is -2.06. The molecule has 19 heavy (non-hydrogen) atoms. The molecule has 0 saturated carbocycles. The summed E-state index contributed by atoms with van der Waals surface area (Å²) in [6, 6.07) is 7.11. The molecule has 0 amide bonds. The van der Waals surface area contributed by atoms with E-state index in [4.69, 9.17) is 9.84 Å². The Hall–Kier alpha value is -2.70. The van der Waals surface area contributed by atoms with Crippen molar-refractivity contribution in [2.24, 2.45) is 7.05 Å². The highest BCUT2D eigenvalue weighted by atomic mass is 16.5. The molecular weight excluding hydrogens is 248 g/mol. The van der Waals surface area contributed by atoms with Crippen molar-refractivity contribution in [3.05, 3.63) is 41.7 Å². The van der Waals surface area contributed by atoms with Crippen molar-refractivity contribution in [2.75, 3.05) is 0 Å². The average molecular weight is 260 g/mol. The van der Waals surface area contributed by atoms with Gasteiger partial charge in [0.15, 0.2) is 6.61 Å². The van der Waals surface area contributed by atoms with Crippen LogP contribution >= 0.6 is 0 Å². The van der Waals surface area contributed by atoms with Gasteiger partial charge in [0, 0.05) is 11.6 Å². The lowest BCUT2D eigenvalue weighted by molar-refractivity contribution is -0.131. The predicted molar refractivity (Wildman–Crippen MR) is 66.2 cm³/mol. The van der Waals surface area contributed by atoms with Crippen LogP contribution in [0.15, 0.2) is 30.3 Å². The highest BCUT2D eigenvalue weighted by Crippen LogP contribution is 2.20. The molecule has 1 aromatic carbocycles. The number of para-hydroxylation sites is 1. The summed E-state index contributed by atoms with van der Waals surface area (Å²) in [7, 11) is 1.67. The van der Waals surface area contributed by atoms with Gasteiger partial charge in [-0.3, -0.25) is 0 Å². The third-order valence-corrected chi connectivity index (χ3v) is 2.23. The summed E-state index contributed by atoms with van der Waals surface area (Å²) in [5.41, 5.74) is 0.675. The highest BCUT2D eigenvalue weighted by molar-refractivity contribution is 5.85. The number of rotatable bonds is 5. The standard InChI is InChI=1S/C12H12N4O3/c1-16-14-11(13-15-16)8-19-10-5-3-2-4-9(10)6-7-12(17)18/h2-7H,8H2,1H3,(H,17,18)/b7-6+. The van der Waals surface area contributed by atoms with Crippen LogP contribution in [0.3, 0.4) is 0 Å². The second kappa shape index (κ2) is 5.76. The Morgan fingerprint density at radius 3 is 2.95 bits per heavy atom.